The van der Waals surface area contributed by atoms with Gasteiger partial charge in [-0.25, -0.2) is 5.43 Å². The van der Waals surface area contributed by atoms with Gasteiger partial charge in [0.2, 0.25) is 11.8 Å². The molecule has 0 atom stereocenters. The number of halogens is 4. The summed E-state index contributed by atoms with van der Waals surface area (Å²) in [5.41, 5.74) is 1.89. The smallest absolute Gasteiger partial charge is 0.416 e. The number of hydrogen-bond donors (Lipinski definition) is 2. The van der Waals surface area contributed by atoms with Crippen molar-refractivity contribution in [1.82, 2.24) is 5.43 Å². The predicted octanol–water partition coefficient (Wildman–Crippen LogP) is 5.13. The summed E-state index contributed by atoms with van der Waals surface area (Å²) in [6, 6.07) is 9.50. The standard InChI is InChI=1S/C21H21BrF3N3O3/c1-2-3-9-31-18-8-7-16(22)10-14(18)13-26-28-20(30)12-19(29)27-17-6-4-5-15(11-17)21(23,24)25/h4-8,10-11,13H,2-3,9,12H2,1H3,(H,27,29)(H,28,30). The number of hydrogen-bond acceptors (Lipinski definition) is 4. The fraction of sp³-hybridized carbons (Fsp3) is 0.286. The highest BCUT2D eigenvalue weighted by Crippen LogP contribution is 2.30. The largest absolute Gasteiger partial charge is 0.493 e. The van der Waals surface area contributed by atoms with Crippen LogP contribution in [-0.2, 0) is 15.8 Å². The monoisotopic (exact) mass is 499 g/mol. The molecular formula is C21H21BrF3N3O3. The first-order chi connectivity index (χ1) is 14.7. The minimum Gasteiger partial charge on any atom is -0.493 e. The van der Waals surface area contributed by atoms with E-state index in [4.69, 9.17) is 4.74 Å². The Morgan fingerprint density at radius 2 is 1.94 bits per heavy atom. The lowest BCUT2D eigenvalue weighted by Gasteiger charge is -2.10. The van der Waals surface area contributed by atoms with E-state index < -0.39 is 30.0 Å². The normalized spacial score (nSPS) is 11.4. The van der Waals surface area contributed by atoms with Crippen LogP contribution in [0, 0.1) is 0 Å². The van der Waals surface area contributed by atoms with Crippen molar-refractivity contribution in [3.05, 3.63) is 58.1 Å². The van der Waals surface area contributed by atoms with Crippen LogP contribution in [0.1, 0.15) is 37.3 Å². The quantitative estimate of drug-likeness (QED) is 0.217. The molecule has 2 aromatic carbocycles. The van der Waals surface area contributed by atoms with Crippen LogP contribution in [0.5, 0.6) is 5.75 Å². The Hall–Kier alpha value is -2.88. The number of alkyl halides is 3. The third kappa shape index (κ3) is 8.41. The van der Waals surface area contributed by atoms with Crippen molar-refractivity contribution in [3.8, 4) is 5.75 Å². The van der Waals surface area contributed by atoms with Gasteiger partial charge >= 0.3 is 6.18 Å². The van der Waals surface area contributed by atoms with Crippen LogP contribution in [0.2, 0.25) is 0 Å². The molecule has 2 amide bonds. The Morgan fingerprint density at radius 1 is 1.16 bits per heavy atom. The van der Waals surface area contributed by atoms with Crippen LogP contribution >= 0.6 is 15.9 Å². The lowest BCUT2D eigenvalue weighted by Crippen LogP contribution is -2.24. The van der Waals surface area contributed by atoms with Gasteiger partial charge in [-0.3, -0.25) is 9.59 Å². The third-order valence-electron chi connectivity index (χ3n) is 3.91. The number of rotatable bonds is 9. The molecule has 0 aromatic heterocycles. The fourth-order valence-electron chi connectivity index (χ4n) is 2.42. The molecule has 0 aliphatic rings. The molecule has 0 heterocycles. The zero-order valence-electron chi connectivity index (χ0n) is 16.6. The molecule has 0 radical (unpaired) electrons. The molecule has 2 rings (SSSR count). The minimum absolute atomic E-state index is 0.0564. The molecule has 0 aliphatic carbocycles. The first-order valence-electron chi connectivity index (χ1n) is 9.40. The second kappa shape index (κ2) is 11.5. The molecule has 0 bridgehead atoms. The number of anilines is 1. The summed E-state index contributed by atoms with van der Waals surface area (Å²) in [6.07, 6.45) is -1.87. The van der Waals surface area contributed by atoms with E-state index in [1.807, 2.05) is 13.0 Å². The minimum atomic E-state index is -4.53. The van der Waals surface area contributed by atoms with Crippen LogP contribution in [0.15, 0.2) is 52.0 Å². The highest BCUT2D eigenvalue weighted by molar-refractivity contribution is 9.10. The number of benzene rings is 2. The van der Waals surface area contributed by atoms with E-state index >= 15 is 0 Å². The number of nitrogens with one attached hydrogen (secondary N) is 2. The first kappa shape index (κ1) is 24.4. The van der Waals surface area contributed by atoms with Crippen LogP contribution < -0.4 is 15.5 Å². The molecule has 0 spiro atoms. The van der Waals surface area contributed by atoms with E-state index in [2.05, 4.69) is 31.8 Å². The molecule has 10 heteroatoms. The van der Waals surface area contributed by atoms with Gasteiger partial charge < -0.3 is 10.1 Å². The number of carbonyl (C=O) groups is 2. The molecule has 0 aliphatic heterocycles. The van der Waals surface area contributed by atoms with Crippen LogP contribution in [-0.4, -0.2) is 24.6 Å². The van der Waals surface area contributed by atoms with Gasteiger partial charge in [0.1, 0.15) is 12.2 Å². The molecule has 0 fully saturated rings. The number of unbranched alkanes of at least 4 members (excludes halogenated alkanes) is 1. The van der Waals surface area contributed by atoms with E-state index in [9.17, 15) is 22.8 Å². The highest BCUT2D eigenvalue weighted by atomic mass is 79.9. The van der Waals surface area contributed by atoms with E-state index in [0.29, 0.717) is 17.9 Å². The zero-order valence-corrected chi connectivity index (χ0v) is 18.2. The predicted molar refractivity (Wildman–Crippen MR) is 115 cm³/mol. The molecule has 2 aromatic rings. The first-order valence-corrected chi connectivity index (χ1v) is 10.2. The molecule has 2 N–H and O–H groups in total. The van der Waals surface area contributed by atoms with E-state index in [-0.39, 0.29) is 5.69 Å². The lowest BCUT2D eigenvalue weighted by molar-refractivity contribution is -0.137. The van der Waals surface area contributed by atoms with Gasteiger partial charge in [0, 0.05) is 15.7 Å². The zero-order chi connectivity index (χ0) is 22.9. The maximum Gasteiger partial charge on any atom is 0.416 e. The number of carbonyl (C=O) groups excluding carboxylic acids is 2. The van der Waals surface area contributed by atoms with Crippen molar-refractivity contribution in [2.45, 2.75) is 32.4 Å². The Morgan fingerprint density at radius 3 is 2.65 bits per heavy atom. The summed E-state index contributed by atoms with van der Waals surface area (Å²) in [7, 11) is 0. The highest BCUT2D eigenvalue weighted by Gasteiger charge is 2.30. The summed E-state index contributed by atoms with van der Waals surface area (Å²) in [6.45, 7) is 2.59. The van der Waals surface area contributed by atoms with Crippen LogP contribution in [0.4, 0.5) is 18.9 Å². The summed E-state index contributed by atoms with van der Waals surface area (Å²) in [4.78, 5) is 23.8. The molecule has 6 nitrogen and oxygen atoms in total. The molecular weight excluding hydrogens is 479 g/mol. The average molecular weight is 500 g/mol. The topological polar surface area (TPSA) is 79.8 Å². The van der Waals surface area contributed by atoms with E-state index in [0.717, 1.165) is 29.4 Å². The number of amides is 2. The molecule has 0 saturated heterocycles. The SMILES string of the molecule is CCCCOc1ccc(Br)cc1C=NNC(=O)CC(=O)Nc1cccc(C(F)(F)F)c1. The Labute approximate surface area is 186 Å². The summed E-state index contributed by atoms with van der Waals surface area (Å²) < 4.78 is 44.7. The second-order valence-corrected chi connectivity index (χ2v) is 7.40. The van der Waals surface area contributed by atoms with Crippen molar-refractivity contribution < 1.29 is 27.5 Å². The summed E-state index contributed by atoms with van der Waals surface area (Å²) >= 11 is 3.35. The number of ether oxygens (including phenoxy) is 1. The Bertz CT molecular complexity index is 949. The molecule has 31 heavy (non-hydrogen) atoms. The molecule has 166 valence electrons. The molecule has 0 saturated carbocycles. The lowest BCUT2D eigenvalue weighted by atomic mass is 10.2. The van der Waals surface area contributed by atoms with Crippen LogP contribution in [0.25, 0.3) is 0 Å². The van der Waals surface area contributed by atoms with Gasteiger partial charge in [-0.1, -0.05) is 35.3 Å². The van der Waals surface area contributed by atoms with E-state index in [1.54, 1.807) is 12.1 Å². The van der Waals surface area contributed by atoms with Gasteiger partial charge in [-0.05, 0) is 42.8 Å². The van der Waals surface area contributed by atoms with Gasteiger partial charge in [-0.15, -0.1) is 0 Å². The van der Waals surface area contributed by atoms with Crippen molar-refractivity contribution >= 4 is 39.6 Å². The van der Waals surface area contributed by atoms with Crippen molar-refractivity contribution in [2.24, 2.45) is 5.10 Å². The van der Waals surface area contributed by atoms with Crippen molar-refractivity contribution in [2.75, 3.05) is 11.9 Å². The van der Waals surface area contributed by atoms with Crippen molar-refractivity contribution in [1.29, 1.82) is 0 Å². The maximum absolute atomic E-state index is 12.7. The Kier molecular flexibility index (Phi) is 9.04. The van der Waals surface area contributed by atoms with Gasteiger partial charge in [0.15, 0.2) is 0 Å². The second-order valence-electron chi connectivity index (χ2n) is 6.48. The third-order valence-corrected chi connectivity index (χ3v) is 4.41. The fourth-order valence-corrected chi connectivity index (χ4v) is 2.79. The maximum atomic E-state index is 12.7. The Balaban J connectivity index is 1.91. The summed E-state index contributed by atoms with van der Waals surface area (Å²) in [5.74, 6) is -0.890. The van der Waals surface area contributed by atoms with Crippen LogP contribution in [0.3, 0.4) is 0 Å². The van der Waals surface area contributed by atoms with Crippen molar-refractivity contribution in [3.63, 3.8) is 0 Å². The average Bonchev–Trinajstić information content (AvgIpc) is 2.69. The summed E-state index contributed by atoms with van der Waals surface area (Å²) in [5, 5.41) is 6.08. The number of nitrogens with zero attached hydrogens (tertiary/aromatic N) is 1. The number of hydrazone groups is 1. The van der Waals surface area contributed by atoms with Gasteiger partial charge in [-0.2, -0.15) is 18.3 Å². The van der Waals surface area contributed by atoms with Gasteiger partial charge in [0.25, 0.3) is 0 Å². The van der Waals surface area contributed by atoms with E-state index in [1.165, 1.54) is 18.3 Å². The van der Waals surface area contributed by atoms with Gasteiger partial charge in [0.05, 0.1) is 18.4 Å². The molecule has 0 unspecified atom stereocenters.